The zero-order chi connectivity index (χ0) is 12.3. The summed E-state index contributed by atoms with van der Waals surface area (Å²) in [7, 11) is 5.44. The van der Waals surface area contributed by atoms with Crippen LogP contribution in [0.3, 0.4) is 0 Å². The molecule has 0 atom stereocenters. The van der Waals surface area contributed by atoms with Crippen LogP contribution in [0, 0.1) is 17.0 Å². The van der Waals surface area contributed by atoms with Gasteiger partial charge in [0.05, 0.1) is 0 Å². The van der Waals surface area contributed by atoms with E-state index in [1.54, 1.807) is 18.5 Å². The van der Waals surface area contributed by atoms with Crippen molar-refractivity contribution in [3.63, 3.8) is 0 Å². The van der Waals surface area contributed by atoms with Gasteiger partial charge in [-0.05, 0) is 17.0 Å². The molecule has 0 unspecified atom stereocenters. The summed E-state index contributed by atoms with van der Waals surface area (Å²) in [5.41, 5.74) is 0. The maximum absolute atomic E-state index is 10.9. The molecule has 1 rings (SSSR count). The number of hydrogen-bond donors (Lipinski definition) is 1. The average molecular weight is 227 g/mol. The number of likely N-dealkylation sites (N-methyl/N-ethyl adjacent to an activating group) is 2. The predicted octanol–water partition coefficient (Wildman–Crippen LogP) is 0.292. The second kappa shape index (κ2) is 4.93. The van der Waals surface area contributed by atoms with E-state index >= 15 is 0 Å². The Bertz CT molecular complexity index is 387. The SMILES string of the molecule is CNCCN(C)c1c([N+](=O)[O-])nc(C)n1C. The molecule has 0 fully saturated rings. The van der Waals surface area contributed by atoms with Gasteiger partial charge in [0, 0.05) is 34.1 Å². The van der Waals surface area contributed by atoms with Gasteiger partial charge in [-0.2, -0.15) is 0 Å². The average Bonchev–Trinajstić information content (AvgIpc) is 2.52. The molecule has 16 heavy (non-hydrogen) atoms. The Morgan fingerprint density at radius 3 is 2.75 bits per heavy atom. The molecule has 0 saturated carbocycles. The maximum Gasteiger partial charge on any atom is 0.406 e. The van der Waals surface area contributed by atoms with E-state index in [4.69, 9.17) is 0 Å². The van der Waals surface area contributed by atoms with E-state index in [1.165, 1.54) is 0 Å². The van der Waals surface area contributed by atoms with Gasteiger partial charge in [-0.1, -0.05) is 0 Å². The smallest absolute Gasteiger partial charge is 0.358 e. The lowest BCUT2D eigenvalue weighted by molar-refractivity contribution is -0.388. The van der Waals surface area contributed by atoms with Crippen LogP contribution in [0.1, 0.15) is 5.82 Å². The molecule has 0 aliphatic carbocycles. The van der Waals surface area contributed by atoms with E-state index < -0.39 is 4.92 Å². The highest BCUT2D eigenvalue weighted by atomic mass is 16.6. The molecule has 0 saturated heterocycles. The summed E-state index contributed by atoms with van der Waals surface area (Å²) in [6, 6.07) is 0. The van der Waals surface area contributed by atoms with Crippen molar-refractivity contribution in [2.24, 2.45) is 7.05 Å². The number of imidazole rings is 1. The minimum atomic E-state index is -0.446. The number of nitrogens with zero attached hydrogens (tertiary/aromatic N) is 4. The van der Waals surface area contributed by atoms with E-state index in [0.29, 0.717) is 18.2 Å². The summed E-state index contributed by atoms with van der Waals surface area (Å²) in [5.74, 6) is 1.09. The zero-order valence-electron chi connectivity index (χ0n) is 10.0. The molecular formula is C9H17N5O2. The highest BCUT2D eigenvalue weighted by Crippen LogP contribution is 2.26. The van der Waals surface area contributed by atoms with E-state index in [2.05, 4.69) is 10.3 Å². The van der Waals surface area contributed by atoms with Crippen molar-refractivity contribution in [1.29, 1.82) is 0 Å². The van der Waals surface area contributed by atoms with Crippen LogP contribution in [0.4, 0.5) is 11.6 Å². The van der Waals surface area contributed by atoms with Gasteiger partial charge in [0.25, 0.3) is 0 Å². The van der Waals surface area contributed by atoms with Crippen molar-refractivity contribution in [3.8, 4) is 0 Å². The standard InChI is InChI=1S/C9H17N5O2/c1-7-11-8(14(15)16)9(13(7)4)12(3)6-5-10-2/h10H,5-6H2,1-4H3. The number of rotatable bonds is 5. The van der Waals surface area contributed by atoms with Gasteiger partial charge in [0.15, 0.2) is 0 Å². The quantitative estimate of drug-likeness (QED) is 0.578. The van der Waals surface area contributed by atoms with Gasteiger partial charge in [-0.25, -0.2) is 0 Å². The Kier molecular flexibility index (Phi) is 3.83. The first-order valence-corrected chi connectivity index (χ1v) is 5.02. The van der Waals surface area contributed by atoms with Crippen LogP contribution in [-0.4, -0.2) is 41.7 Å². The molecule has 1 aromatic heterocycles. The number of aromatic nitrogens is 2. The normalized spacial score (nSPS) is 10.5. The fraction of sp³-hybridized carbons (Fsp3) is 0.667. The van der Waals surface area contributed by atoms with Crippen LogP contribution in [0.25, 0.3) is 0 Å². The van der Waals surface area contributed by atoms with Crippen LogP contribution in [-0.2, 0) is 7.05 Å². The number of nitrogens with one attached hydrogen (secondary N) is 1. The lowest BCUT2D eigenvalue weighted by Crippen LogP contribution is -2.29. The third-order valence-electron chi connectivity index (χ3n) is 2.50. The van der Waals surface area contributed by atoms with Crippen molar-refractivity contribution in [3.05, 3.63) is 15.9 Å². The lowest BCUT2D eigenvalue weighted by atomic mass is 10.5. The summed E-state index contributed by atoms with van der Waals surface area (Å²) >= 11 is 0. The van der Waals surface area contributed by atoms with Crippen molar-refractivity contribution >= 4 is 11.6 Å². The van der Waals surface area contributed by atoms with Gasteiger partial charge in [0.2, 0.25) is 11.6 Å². The molecule has 90 valence electrons. The predicted molar refractivity (Wildman–Crippen MR) is 61.8 cm³/mol. The van der Waals surface area contributed by atoms with Crippen molar-refractivity contribution in [2.45, 2.75) is 6.92 Å². The summed E-state index contributed by atoms with van der Waals surface area (Å²) in [4.78, 5) is 16.2. The van der Waals surface area contributed by atoms with Gasteiger partial charge in [-0.3, -0.25) is 4.57 Å². The highest BCUT2D eigenvalue weighted by molar-refractivity contribution is 5.55. The molecule has 1 N–H and O–H groups in total. The van der Waals surface area contributed by atoms with Gasteiger partial charge >= 0.3 is 5.82 Å². The molecule has 0 aromatic carbocycles. The van der Waals surface area contributed by atoms with Crippen molar-refractivity contribution in [2.75, 3.05) is 32.1 Å². The molecular weight excluding hydrogens is 210 g/mol. The molecule has 1 aromatic rings. The minimum absolute atomic E-state index is 0.0846. The molecule has 7 nitrogen and oxygen atoms in total. The number of hydrogen-bond acceptors (Lipinski definition) is 5. The Morgan fingerprint density at radius 2 is 2.25 bits per heavy atom. The summed E-state index contributed by atoms with van der Waals surface area (Å²) in [5, 5.41) is 13.9. The van der Waals surface area contributed by atoms with E-state index in [0.717, 1.165) is 6.54 Å². The van der Waals surface area contributed by atoms with Crippen molar-refractivity contribution in [1.82, 2.24) is 14.9 Å². The first-order chi connectivity index (χ1) is 7.49. The molecule has 0 bridgehead atoms. The monoisotopic (exact) mass is 227 g/mol. The zero-order valence-corrected chi connectivity index (χ0v) is 10.0. The summed E-state index contributed by atoms with van der Waals surface area (Å²) in [6.45, 7) is 3.20. The number of anilines is 1. The highest BCUT2D eigenvalue weighted by Gasteiger charge is 2.26. The topological polar surface area (TPSA) is 76.2 Å². The Hall–Kier alpha value is -1.63. The Balaban J connectivity index is 3.05. The fourth-order valence-electron chi connectivity index (χ4n) is 1.52. The fourth-order valence-corrected chi connectivity index (χ4v) is 1.52. The largest absolute Gasteiger partial charge is 0.406 e. The maximum atomic E-state index is 10.9. The Labute approximate surface area is 94.2 Å². The van der Waals surface area contributed by atoms with E-state index in [1.807, 2.05) is 19.0 Å². The number of aryl methyl sites for hydroxylation is 1. The first-order valence-electron chi connectivity index (χ1n) is 5.02. The number of nitro groups is 1. The van der Waals surface area contributed by atoms with Crippen LogP contribution in [0.5, 0.6) is 0 Å². The molecule has 0 aliphatic heterocycles. The molecule has 1 heterocycles. The molecule has 0 amide bonds. The molecule has 0 radical (unpaired) electrons. The van der Waals surface area contributed by atoms with E-state index in [-0.39, 0.29) is 5.82 Å². The summed E-state index contributed by atoms with van der Waals surface area (Å²) in [6.07, 6.45) is 0. The van der Waals surface area contributed by atoms with Gasteiger partial charge in [0.1, 0.15) is 0 Å². The van der Waals surface area contributed by atoms with Crippen molar-refractivity contribution < 1.29 is 4.92 Å². The van der Waals surface area contributed by atoms with Crippen LogP contribution in [0.15, 0.2) is 0 Å². The minimum Gasteiger partial charge on any atom is -0.358 e. The third-order valence-corrected chi connectivity index (χ3v) is 2.50. The van der Waals surface area contributed by atoms with Gasteiger partial charge in [-0.15, -0.1) is 0 Å². The van der Waals surface area contributed by atoms with Crippen LogP contribution >= 0.6 is 0 Å². The van der Waals surface area contributed by atoms with Crippen LogP contribution in [0.2, 0.25) is 0 Å². The first kappa shape index (κ1) is 12.4. The summed E-state index contributed by atoms with van der Waals surface area (Å²) < 4.78 is 1.73. The van der Waals surface area contributed by atoms with Gasteiger partial charge < -0.3 is 20.3 Å². The van der Waals surface area contributed by atoms with E-state index in [9.17, 15) is 10.1 Å². The molecule has 0 aliphatic rings. The molecule has 0 spiro atoms. The second-order valence-corrected chi connectivity index (χ2v) is 3.65. The third kappa shape index (κ3) is 2.30. The Morgan fingerprint density at radius 1 is 1.62 bits per heavy atom. The second-order valence-electron chi connectivity index (χ2n) is 3.65. The molecule has 7 heteroatoms. The van der Waals surface area contributed by atoms with Crippen LogP contribution < -0.4 is 10.2 Å². The lowest BCUT2D eigenvalue weighted by Gasteiger charge is -2.18.